The third-order valence-electron chi connectivity index (χ3n) is 4.32. The van der Waals surface area contributed by atoms with Crippen LogP contribution >= 0.6 is 0 Å². The van der Waals surface area contributed by atoms with Gasteiger partial charge in [-0.25, -0.2) is 0 Å². The molecule has 18 heavy (non-hydrogen) atoms. The van der Waals surface area contributed by atoms with Crippen LogP contribution in [0.5, 0.6) is 0 Å². The van der Waals surface area contributed by atoms with E-state index in [1.807, 2.05) is 0 Å². The Morgan fingerprint density at radius 1 is 1.17 bits per heavy atom. The van der Waals surface area contributed by atoms with E-state index >= 15 is 0 Å². The quantitative estimate of drug-likeness (QED) is 0.718. The summed E-state index contributed by atoms with van der Waals surface area (Å²) in [4.78, 5) is 16.8. The van der Waals surface area contributed by atoms with Crippen molar-refractivity contribution >= 4 is 5.91 Å². The molecule has 102 valence electrons. The minimum Gasteiger partial charge on any atom is -0.341 e. The molecule has 0 bridgehead atoms. The van der Waals surface area contributed by atoms with Crippen molar-refractivity contribution in [3.8, 4) is 0 Å². The van der Waals surface area contributed by atoms with Crippen molar-refractivity contribution < 1.29 is 4.79 Å². The van der Waals surface area contributed by atoms with Crippen LogP contribution in [0.25, 0.3) is 0 Å². The molecule has 0 N–H and O–H groups in total. The summed E-state index contributed by atoms with van der Waals surface area (Å²) in [7, 11) is 0. The fourth-order valence-electron chi connectivity index (χ4n) is 2.71. The largest absolute Gasteiger partial charge is 0.341 e. The molecule has 1 saturated heterocycles. The van der Waals surface area contributed by atoms with E-state index in [4.69, 9.17) is 0 Å². The van der Waals surface area contributed by atoms with Crippen molar-refractivity contribution in [2.24, 2.45) is 5.92 Å². The lowest BCUT2D eigenvalue weighted by Crippen LogP contribution is -2.41. The fourth-order valence-corrected chi connectivity index (χ4v) is 2.71. The van der Waals surface area contributed by atoms with Crippen LogP contribution < -0.4 is 0 Å². The first-order valence-corrected chi connectivity index (χ1v) is 7.33. The van der Waals surface area contributed by atoms with Gasteiger partial charge in [0.1, 0.15) is 0 Å². The second-order valence-corrected chi connectivity index (χ2v) is 5.72. The van der Waals surface area contributed by atoms with Gasteiger partial charge in [-0.15, -0.1) is 0 Å². The summed E-state index contributed by atoms with van der Waals surface area (Å²) in [6.07, 6.45) is 6.79. The van der Waals surface area contributed by atoms with Crippen molar-refractivity contribution in [1.82, 2.24) is 9.80 Å². The van der Waals surface area contributed by atoms with Gasteiger partial charge in [-0.2, -0.15) is 0 Å². The van der Waals surface area contributed by atoms with Crippen molar-refractivity contribution in [3.05, 3.63) is 11.6 Å². The van der Waals surface area contributed by atoms with E-state index in [0.717, 1.165) is 52.0 Å². The maximum atomic E-state index is 12.2. The lowest BCUT2D eigenvalue weighted by molar-refractivity contribution is -0.138. The Hall–Kier alpha value is -0.830. The molecule has 2 aliphatic rings. The molecular weight excluding hydrogens is 224 g/mol. The van der Waals surface area contributed by atoms with E-state index in [1.54, 1.807) is 0 Å². The molecule has 1 saturated carbocycles. The first-order valence-electron chi connectivity index (χ1n) is 7.33. The molecule has 3 nitrogen and oxygen atoms in total. The molecule has 0 aromatic carbocycles. The molecule has 1 heterocycles. The van der Waals surface area contributed by atoms with Gasteiger partial charge in [-0.05, 0) is 33.1 Å². The smallest absolute Gasteiger partial charge is 0.225 e. The number of rotatable bonds is 3. The number of carbonyl (C=O) groups excluding carboxylic acids is 1. The molecule has 0 radical (unpaired) electrons. The molecule has 0 spiro atoms. The van der Waals surface area contributed by atoms with E-state index < -0.39 is 0 Å². The standard InChI is InChI=1S/C15H26N2O/c1-3-13(2)12-16-8-5-9-17(11-10-16)15(18)14-6-4-7-14/h3,14H,4-12H2,1-2H3. The van der Waals surface area contributed by atoms with Crippen molar-refractivity contribution in [1.29, 1.82) is 0 Å². The highest BCUT2D eigenvalue weighted by Gasteiger charge is 2.30. The normalized spacial score (nSPS) is 23.7. The van der Waals surface area contributed by atoms with E-state index in [1.165, 1.54) is 12.0 Å². The van der Waals surface area contributed by atoms with Crippen LogP contribution in [0.15, 0.2) is 11.6 Å². The van der Waals surface area contributed by atoms with E-state index in [0.29, 0.717) is 11.8 Å². The maximum absolute atomic E-state index is 12.2. The topological polar surface area (TPSA) is 23.6 Å². The number of hydrogen-bond donors (Lipinski definition) is 0. The van der Waals surface area contributed by atoms with Crippen LogP contribution in [0.4, 0.5) is 0 Å². The van der Waals surface area contributed by atoms with E-state index in [2.05, 4.69) is 29.7 Å². The molecule has 2 rings (SSSR count). The Labute approximate surface area is 111 Å². The number of allylic oxidation sites excluding steroid dienone is 1. The van der Waals surface area contributed by atoms with E-state index in [9.17, 15) is 4.79 Å². The lowest BCUT2D eigenvalue weighted by atomic mass is 9.84. The fraction of sp³-hybridized carbons (Fsp3) is 0.800. The highest BCUT2D eigenvalue weighted by atomic mass is 16.2. The zero-order chi connectivity index (χ0) is 13.0. The summed E-state index contributed by atoms with van der Waals surface area (Å²) < 4.78 is 0. The van der Waals surface area contributed by atoms with Gasteiger partial charge < -0.3 is 4.90 Å². The van der Waals surface area contributed by atoms with Gasteiger partial charge in [-0.1, -0.05) is 18.1 Å². The lowest BCUT2D eigenvalue weighted by Gasteiger charge is -2.31. The minimum absolute atomic E-state index is 0.355. The Bertz CT molecular complexity index is 320. The first-order chi connectivity index (χ1) is 8.70. The third-order valence-corrected chi connectivity index (χ3v) is 4.32. The van der Waals surface area contributed by atoms with Gasteiger partial charge in [0.2, 0.25) is 5.91 Å². The predicted octanol–water partition coefficient (Wildman–Crippen LogP) is 2.29. The summed E-state index contributed by atoms with van der Waals surface area (Å²) in [5, 5.41) is 0. The van der Waals surface area contributed by atoms with Gasteiger partial charge in [-0.3, -0.25) is 9.69 Å². The van der Waals surface area contributed by atoms with Gasteiger partial charge in [0.15, 0.2) is 0 Å². The van der Waals surface area contributed by atoms with E-state index in [-0.39, 0.29) is 0 Å². The molecule has 0 aromatic heterocycles. The molecule has 1 aliphatic carbocycles. The minimum atomic E-state index is 0.355. The molecular formula is C15H26N2O. The van der Waals surface area contributed by atoms with Gasteiger partial charge >= 0.3 is 0 Å². The maximum Gasteiger partial charge on any atom is 0.225 e. The van der Waals surface area contributed by atoms with Crippen LogP contribution in [0.3, 0.4) is 0 Å². The number of hydrogen-bond acceptors (Lipinski definition) is 2. The Morgan fingerprint density at radius 3 is 2.56 bits per heavy atom. The summed E-state index contributed by atoms with van der Waals surface area (Å²) >= 11 is 0. The monoisotopic (exact) mass is 250 g/mol. The number of amides is 1. The van der Waals surface area contributed by atoms with Crippen molar-refractivity contribution in [2.45, 2.75) is 39.5 Å². The van der Waals surface area contributed by atoms with Gasteiger partial charge in [0, 0.05) is 38.6 Å². The third kappa shape index (κ3) is 3.35. The highest BCUT2D eigenvalue weighted by molar-refractivity contribution is 5.79. The summed E-state index contributed by atoms with van der Waals surface area (Å²) in [5.41, 5.74) is 1.42. The molecule has 2 fully saturated rings. The summed E-state index contributed by atoms with van der Waals surface area (Å²) in [6.45, 7) is 9.38. The number of nitrogens with zero attached hydrogens (tertiary/aromatic N) is 2. The van der Waals surface area contributed by atoms with Crippen LogP contribution in [0.1, 0.15) is 39.5 Å². The molecule has 0 unspecified atom stereocenters. The summed E-state index contributed by atoms with van der Waals surface area (Å²) in [6, 6.07) is 0. The second-order valence-electron chi connectivity index (χ2n) is 5.72. The molecule has 3 heteroatoms. The number of carbonyl (C=O) groups is 1. The molecule has 0 atom stereocenters. The zero-order valence-corrected chi connectivity index (χ0v) is 11.8. The van der Waals surface area contributed by atoms with Crippen LogP contribution in [-0.4, -0.2) is 48.4 Å². The molecule has 0 aromatic rings. The highest BCUT2D eigenvalue weighted by Crippen LogP contribution is 2.28. The van der Waals surface area contributed by atoms with Gasteiger partial charge in [0.05, 0.1) is 0 Å². The Balaban J connectivity index is 1.82. The SMILES string of the molecule is CC=C(C)CN1CCCN(C(=O)C2CCC2)CC1. The molecule has 1 amide bonds. The van der Waals surface area contributed by atoms with Crippen molar-refractivity contribution in [3.63, 3.8) is 0 Å². The van der Waals surface area contributed by atoms with Crippen LogP contribution in [0.2, 0.25) is 0 Å². The molecule has 1 aliphatic heterocycles. The van der Waals surface area contributed by atoms with Crippen LogP contribution in [-0.2, 0) is 4.79 Å². The predicted molar refractivity (Wildman–Crippen MR) is 74.4 cm³/mol. The Morgan fingerprint density at radius 2 is 1.94 bits per heavy atom. The Kier molecular flexibility index (Phi) is 4.81. The average molecular weight is 250 g/mol. The van der Waals surface area contributed by atoms with Gasteiger partial charge in [0.25, 0.3) is 0 Å². The first kappa shape index (κ1) is 13.6. The second kappa shape index (κ2) is 6.37. The zero-order valence-electron chi connectivity index (χ0n) is 11.8. The average Bonchev–Trinajstić information content (AvgIpc) is 2.52. The van der Waals surface area contributed by atoms with Crippen molar-refractivity contribution in [2.75, 3.05) is 32.7 Å². The van der Waals surface area contributed by atoms with Crippen LogP contribution in [0, 0.1) is 5.92 Å². The summed E-state index contributed by atoms with van der Waals surface area (Å²) in [5.74, 6) is 0.777.